The zero-order valence-corrected chi connectivity index (χ0v) is 24.0. The number of alkyl halides is 1. The molecule has 9 nitrogen and oxygen atoms in total. The number of pyridine rings is 1. The summed E-state index contributed by atoms with van der Waals surface area (Å²) in [4.78, 5) is 25.0. The van der Waals surface area contributed by atoms with Crippen molar-refractivity contribution < 1.29 is 4.79 Å². The van der Waals surface area contributed by atoms with Crippen LogP contribution in [0.15, 0.2) is 49.1 Å². The molecule has 0 bridgehead atoms. The molecular weight excluding hydrogens is 591 g/mol. The van der Waals surface area contributed by atoms with Crippen molar-refractivity contribution in [2.45, 2.75) is 68.4 Å². The number of carbonyl (C=O) groups is 1. The molecule has 1 amide bonds. The average molecular weight is 625 g/mol. The Kier molecular flexibility index (Phi) is 7.17. The lowest BCUT2D eigenvalue weighted by molar-refractivity contribution is 0.0968. The van der Waals surface area contributed by atoms with Crippen molar-refractivity contribution in [3.8, 4) is 5.82 Å². The summed E-state index contributed by atoms with van der Waals surface area (Å²) in [6, 6.07) is 8.45. The Bertz CT molecular complexity index is 1430. The molecule has 4 aromatic rings. The van der Waals surface area contributed by atoms with Gasteiger partial charge in [0.15, 0.2) is 11.5 Å². The second kappa shape index (κ2) is 10.7. The van der Waals surface area contributed by atoms with Crippen molar-refractivity contribution in [1.82, 2.24) is 34.3 Å². The first kappa shape index (κ1) is 25.4. The predicted molar refractivity (Wildman–Crippen MR) is 155 cm³/mol. The lowest BCUT2D eigenvalue weighted by Gasteiger charge is -2.43. The van der Waals surface area contributed by atoms with Crippen LogP contribution in [-0.2, 0) is 0 Å². The van der Waals surface area contributed by atoms with E-state index in [2.05, 4.69) is 54.8 Å². The number of nitrogens with one attached hydrogen (secondary N) is 1. The molecule has 2 fully saturated rings. The molecule has 5 heterocycles. The van der Waals surface area contributed by atoms with E-state index in [1.54, 1.807) is 33.9 Å². The fourth-order valence-electron chi connectivity index (χ4n) is 5.94. The summed E-state index contributed by atoms with van der Waals surface area (Å²) in [6.07, 6.45) is 14.3. The smallest absolute Gasteiger partial charge is 0.262 e. The molecule has 0 radical (unpaired) electrons. The molecule has 4 unspecified atom stereocenters. The molecule has 0 spiro atoms. The van der Waals surface area contributed by atoms with Crippen LogP contribution in [0.1, 0.15) is 73.0 Å². The molecule has 6 rings (SSSR count). The topological polar surface area (TPSA) is 93.2 Å². The van der Waals surface area contributed by atoms with E-state index in [9.17, 15) is 4.79 Å². The maximum absolute atomic E-state index is 13.3. The third-order valence-electron chi connectivity index (χ3n) is 7.98. The fourth-order valence-corrected chi connectivity index (χ4v) is 7.28. The van der Waals surface area contributed by atoms with Gasteiger partial charge in [-0.05, 0) is 56.2 Å². The molecular formula is C28H33IN8O. The van der Waals surface area contributed by atoms with Crippen LogP contribution < -0.4 is 5.32 Å². The largest absolute Gasteiger partial charge is 0.306 e. The third-order valence-corrected chi connectivity index (χ3v) is 9.20. The molecule has 4 atom stereocenters. The zero-order chi connectivity index (χ0) is 26.2. The SMILES string of the molecule is Cc1ccc(-n2nc(C3CCN(C4CCCC(C)C4)C(I)C3)cc2NC(=O)c2cnn3cccnc23)nc1. The Balaban J connectivity index is 1.26. The van der Waals surface area contributed by atoms with Crippen LogP contribution in [0, 0.1) is 12.8 Å². The van der Waals surface area contributed by atoms with Crippen molar-refractivity contribution in [1.29, 1.82) is 0 Å². The van der Waals surface area contributed by atoms with E-state index in [-0.39, 0.29) is 5.91 Å². The Hall–Kier alpha value is -2.86. The highest BCUT2D eigenvalue weighted by Gasteiger charge is 2.35. The van der Waals surface area contributed by atoms with Gasteiger partial charge in [0.1, 0.15) is 11.4 Å². The van der Waals surface area contributed by atoms with Gasteiger partial charge in [0, 0.05) is 43.2 Å². The number of aromatic nitrogens is 6. The average Bonchev–Trinajstić information content (AvgIpc) is 3.54. The predicted octanol–water partition coefficient (Wildman–Crippen LogP) is 5.39. The molecule has 1 saturated heterocycles. The molecule has 1 aliphatic heterocycles. The molecule has 1 aliphatic carbocycles. The minimum Gasteiger partial charge on any atom is -0.306 e. The van der Waals surface area contributed by atoms with E-state index >= 15 is 0 Å². The van der Waals surface area contributed by atoms with Crippen molar-refractivity contribution in [3.63, 3.8) is 0 Å². The minimum absolute atomic E-state index is 0.272. The van der Waals surface area contributed by atoms with Gasteiger partial charge >= 0.3 is 0 Å². The van der Waals surface area contributed by atoms with Crippen molar-refractivity contribution in [2.75, 3.05) is 11.9 Å². The highest BCUT2D eigenvalue weighted by atomic mass is 127. The Morgan fingerprint density at radius 2 is 2.03 bits per heavy atom. The monoisotopic (exact) mass is 624 g/mol. The number of aryl methyl sites for hydroxylation is 1. The summed E-state index contributed by atoms with van der Waals surface area (Å²) in [5.41, 5.74) is 3.00. The summed E-state index contributed by atoms with van der Waals surface area (Å²) < 4.78 is 3.83. The van der Waals surface area contributed by atoms with Crippen LogP contribution >= 0.6 is 22.6 Å². The van der Waals surface area contributed by atoms with E-state index < -0.39 is 0 Å². The lowest BCUT2D eigenvalue weighted by atomic mass is 9.84. The number of amides is 1. The maximum atomic E-state index is 13.3. The maximum Gasteiger partial charge on any atom is 0.262 e. The summed E-state index contributed by atoms with van der Waals surface area (Å²) in [5.74, 6) is 2.16. The quantitative estimate of drug-likeness (QED) is 0.182. The molecule has 1 saturated carbocycles. The van der Waals surface area contributed by atoms with Crippen molar-refractivity contribution in [2.24, 2.45) is 5.92 Å². The Morgan fingerprint density at radius 3 is 2.82 bits per heavy atom. The minimum atomic E-state index is -0.272. The number of likely N-dealkylation sites (tertiary alicyclic amines) is 1. The normalized spacial score (nSPS) is 24.5. The highest BCUT2D eigenvalue weighted by Crippen LogP contribution is 2.39. The number of halogens is 1. The van der Waals surface area contributed by atoms with E-state index in [1.165, 1.54) is 25.7 Å². The summed E-state index contributed by atoms with van der Waals surface area (Å²) in [6.45, 7) is 5.49. The summed E-state index contributed by atoms with van der Waals surface area (Å²) >= 11 is 2.63. The third kappa shape index (κ3) is 5.07. The van der Waals surface area contributed by atoms with Crippen molar-refractivity contribution >= 4 is 40.0 Å². The molecule has 4 aromatic heterocycles. The van der Waals surface area contributed by atoms with Gasteiger partial charge in [-0.3, -0.25) is 9.69 Å². The van der Waals surface area contributed by atoms with Gasteiger partial charge < -0.3 is 5.32 Å². The molecule has 2 aliphatic rings. The highest BCUT2D eigenvalue weighted by molar-refractivity contribution is 14.1. The number of anilines is 1. The molecule has 0 aromatic carbocycles. The zero-order valence-electron chi connectivity index (χ0n) is 21.8. The second-order valence-electron chi connectivity index (χ2n) is 10.8. The van der Waals surface area contributed by atoms with E-state index in [0.29, 0.717) is 38.9 Å². The van der Waals surface area contributed by atoms with Gasteiger partial charge in [0.25, 0.3) is 5.91 Å². The Labute approximate surface area is 236 Å². The van der Waals surface area contributed by atoms with Gasteiger partial charge in [-0.1, -0.05) is 48.4 Å². The van der Waals surface area contributed by atoms with Crippen LogP contribution in [-0.4, -0.2) is 56.8 Å². The molecule has 198 valence electrons. The van der Waals surface area contributed by atoms with Gasteiger partial charge in [-0.2, -0.15) is 14.9 Å². The fraction of sp³-hybridized carbons (Fsp3) is 0.464. The number of nitrogens with zero attached hydrogens (tertiary/aromatic N) is 7. The van der Waals surface area contributed by atoms with Gasteiger partial charge in [0.05, 0.1) is 15.9 Å². The number of hydrogen-bond acceptors (Lipinski definition) is 6. The van der Waals surface area contributed by atoms with Gasteiger partial charge in [0.2, 0.25) is 0 Å². The van der Waals surface area contributed by atoms with Crippen LogP contribution in [0.4, 0.5) is 5.82 Å². The van der Waals surface area contributed by atoms with Crippen LogP contribution in [0.5, 0.6) is 0 Å². The summed E-state index contributed by atoms with van der Waals surface area (Å²) in [5, 5.41) is 12.3. The van der Waals surface area contributed by atoms with Crippen LogP contribution in [0.3, 0.4) is 0 Å². The number of rotatable bonds is 5. The first-order valence-electron chi connectivity index (χ1n) is 13.5. The van der Waals surface area contributed by atoms with Gasteiger partial charge in [-0.15, -0.1) is 0 Å². The molecule has 1 N–H and O–H groups in total. The molecule has 10 heteroatoms. The van der Waals surface area contributed by atoms with Gasteiger partial charge in [-0.25, -0.2) is 14.5 Å². The lowest BCUT2D eigenvalue weighted by Crippen LogP contribution is -2.46. The van der Waals surface area contributed by atoms with Crippen LogP contribution in [0.2, 0.25) is 0 Å². The van der Waals surface area contributed by atoms with E-state index in [4.69, 9.17) is 5.10 Å². The van der Waals surface area contributed by atoms with E-state index in [1.807, 2.05) is 31.3 Å². The number of hydrogen-bond donors (Lipinski definition) is 1. The number of piperidine rings is 1. The Morgan fingerprint density at radius 1 is 1.13 bits per heavy atom. The van der Waals surface area contributed by atoms with E-state index in [0.717, 1.165) is 36.6 Å². The number of carbonyl (C=O) groups excluding carboxylic acids is 1. The standard InChI is InChI=1S/C28H33IN8O/c1-18-5-3-6-21(13-18)35-12-9-20(14-24(35)29)23-15-26(37(34-23)25-8-7-19(2)16-31-25)33-28(38)22-17-32-36-11-4-10-30-27(22)36/h4,7-8,10-11,15-18,20-21,24H,3,5-6,9,12-14H2,1-2H3,(H,33,38). The van der Waals surface area contributed by atoms with Crippen molar-refractivity contribution in [3.05, 3.63) is 65.9 Å². The summed E-state index contributed by atoms with van der Waals surface area (Å²) in [7, 11) is 0. The first-order valence-corrected chi connectivity index (χ1v) is 14.7. The first-order chi connectivity index (χ1) is 18.5. The second-order valence-corrected chi connectivity index (χ2v) is 12.2. The number of fused-ring (bicyclic) bond motifs is 1. The molecule has 38 heavy (non-hydrogen) atoms. The van der Waals surface area contributed by atoms with Crippen LogP contribution in [0.25, 0.3) is 11.5 Å².